The van der Waals surface area contributed by atoms with Crippen LogP contribution in [0, 0.1) is 0 Å². The Morgan fingerprint density at radius 2 is 2.24 bits per heavy atom. The first-order valence-corrected chi connectivity index (χ1v) is 6.37. The number of fused-ring (bicyclic) bond motifs is 6. The number of amides is 1. The van der Waals surface area contributed by atoms with Crippen molar-refractivity contribution in [3.05, 3.63) is 42.4 Å². The van der Waals surface area contributed by atoms with Gasteiger partial charge in [0.2, 0.25) is 0 Å². The molecule has 1 amide bonds. The first kappa shape index (κ1) is 11.8. The Bertz CT molecular complexity index is 740. The smallest absolute Gasteiger partial charge is 0.427 e. The number of anilines is 1. The van der Waals surface area contributed by atoms with E-state index in [1.54, 1.807) is 18.9 Å². The van der Waals surface area contributed by atoms with E-state index in [0.717, 1.165) is 17.1 Å². The quantitative estimate of drug-likeness (QED) is 0.852. The van der Waals surface area contributed by atoms with Crippen LogP contribution in [-0.2, 0) is 4.74 Å². The zero-order chi connectivity index (χ0) is 14.4. The van der Waals surface area contributed by atoms with Crippen LogP contribution < -0.4 is 10.4 Å². The van der Waals surface area contributed by atoms with Crippen molar-refractivity contribution >= 4 is 18.2 Å². The number of hydrogen-bond acceptors (Lipinski definition) is 6. The second-order valence-corrected chi connectivity index (χ2v) is 4.61. The number of carbonyl (C=O) groups excluding carboxylic acids is 1. The average Bonchev–Trinajstić information content (AvgIpc) is 3.14. The summed E-state index contributed by atoms with van der Waals surface area (Å²) in [5.41, 5.74) is 4.66. The second-order valence-electron chi connectivity index (χ2n) is 4.61. The summed E-state index contributed by atoms with van der Waals surface area (Å²) in [7, 11) is 1.32. The van der Waals surface area contributed by atoms with Crippen molar-refractivity contribution in [2.45, 2.75) is 6.17 Å². The minimum absolute atomic E-state index is 0.234. The molecular formula is C13H12N6O2. The number of benzene rings is 1. The molecule has 1 atom stereocenters. The van der Waals surface area contributed by atoms with Gasteiger partial charge in [0.05, 0.1) is 19.0 Å². The van der Waals surface area contributed by atoms with Gasteiger partial charge in [0, 0.05) is 5.56 Å². The van der Waals surface area contributed by atoms with E-state index in [2.05, 4.69) is 20.1 Å². The van der Waals surface area contributed by atoms with Gasteiger partial charge in [-0.3, -0.25) is 4.57 Å². The largest absolute Gasteiger partial charge is 0.452 e. The molecule has 1 aromatic heterocycles. The molecule has 1 aromatic carbocycles. The maximum Gasteiger partial charge on any atom is 0.427 e. The lowest BCUT2D eigenvalue weighted by molar-refractivity contribution is 0.145. The number of aromatic nitrogens is 2. The molecule has 1 N–H and O–H groups in total. The van der Waals surface area contributed by atoms with Gasteiger partial charge in [0.25, 0.3) is 0 Å². The molecular weight excluding hydrogens is 272 g/mol. The number of rotatable bonds is 1. The maximum absolute atomic E-state index is 11.5. The van der Waals surface area contributed by atoms with Crippen molar-refractivity contribution in [1.82, 2.24) is 20.1 Å². The third-order valence-corrected chi connectivity index (χ3v) is 3.50. The van der Waals surface area contributed by atoms with Gasteiger partial charge in [0.15, 0.2) is 12.0 Å². The van der Waals surface area contributed by atoms with Crippen LogP contribution in [0.3, 0.4) is 0 Å². The monoisotopic (exact) mass is 284 g/mol. The van der Waals surface area contributed by atoms with Crippen LogP contribution in [0.25, 0.3) is 5.69 Å². The van der Waals surface area contributed by atoms with Crippen LogP contribution in [0.1, 0.15) is 11.7 Å². The molecule has 2 aliphatic heterocycles. The normalized spacial score (nSPS) is 18.0. The van der Waals surface area contributed by atoms with Crippen LogP contribution in [0.4, 0.5) is 10.6 Å². The van der Waals surface area contributed by atoms with Gasteiger partial charge < -0.3 is 4.74 Å². The SMILES string of the molecule is COC(=O)NN1C=NC2c3ccccc3-n3cncc3N21. The highest BCUT2D eigenvalue weighted by Gasteiger charge is 2.38. The predicted molar refractivity (Wildman–Crippen MR) is 74.7 cm³/mol. The van der Waals surface area contributed by atoms with Crippen molar-refractivity contribution in [2.24, 2.45) is 4.99 Å². The Morgan fingerprint density at radius 1 is 1.38 bits per heavy atom. The number of carbonyl (C=O) groups is 1. The molecule has 0 saturated carbocycles. The van der Waals surface area contributed by atoms with Gasteiger partial charge in [-0.15, -0.1) is 0 Å². The topological polar surface area (TPSA) is 75.0 Å². The Morgan fingerprint density at radius 3 is 3.10 bits per heavy atom. The molecule has 106 valence electrons. The van der Waals surface area contributed by atoms with E-state index in [-0.39, 0.29) is 6.17 Å². The summed E-state index contributed by atoms with van der Waals surface area (Å²) in [6, 6.07) is 7.96. The van der Waals surface area contributed by atoms with Crippen LogP contribution in [0.2, 0.25) is 0 Å². The minimum atomic E-state index is -0.563. The predicted octanol–water partition coefficient (Wildman–Crippen LogP) is 1.22. The molecule has 8 nitrogen and oxygen atoms in total. The fraction of sp³-hybridized carbons (Fsp3) is 0.154. The van der Waals surface area contributed by atoms with E-state index in [1.807, 2.05) is 33.8 Å². The number of nitrogens with one attached hydrogen (secondary N) is 1. The number of methoxy groups -OCH3 is 1. The van der Waals surface area contributed by atoms with Crippen LogP contribution in [0.15, 0.2) is 41.8 Å². The average molecular weight is 284 g/mol. The third kappa shape index (κ3) is 1.59. The fourth-order valence-corrected chi connectivity index (χ4v) is 2.60. The van der Waals surface area contributed by atoms with Crippen LogP contribution >= 0.6 is 0 Å². The first-order valence-electron chi connectivity index (χ1n) is 6.37. The number of imidazole rings is 1. The molecule has 0 radical (unpaired) electrons. The van der Waals surface area contributed by atoms with E-state index in [9.17, 15) is 4.79 Å². The molecule has 21 heavy (non-hydrogen) atoms. The van der Waals surface area contributed by atoms with Gasteiger partial charge in [-0.05, 0) is 6.07 Å². The molecule has 2 aliphatic rings. The number of ether oxygens (including phenoxy) is 1. The zero-order valence-electron chi connectivity index (χ0n) is 11.2. The molecule has 0 bridgehead atoms. The van der Waals surface area contributed by atoms with Crippen molar-refractivity contribution in [2.75, 3.05) is 12.1 Å². The molecule has 0 fully saturated rings. The van der Waals surface area contributed by atoms with Crippen LogP contribution in [-0.4, -0.2) is 34.2 Å². The summed E-state index contributed by atoms with van der Waals surface area (Å²) in [5.74, 6) is 0.813. The van der Waals surface area contributed by atoms with Crippen molar-refractivity contribution < 1.29 is 9.53 Å². The number of hydrazine groups is 2. The second kappa shape index (κ2) is 4.23. The van der Waals surface area contributed by atoms with Gasteiger partial charge in [-0.2, -0.15) is 5.12 Å². The van der Waals surface area contributed by atoms with E-state index in [4.69, 9.17) is 0 Å². The molecule has 4 rings (SSSR count). The lowest BCUT2D eigenvalue weighted by Crippen LogP contribution is -2.51. The van der Waals surface area contributed by atoms with Gasteiger partial charge in [-0.25, -0.2) is 25.2 Å². The van der Waals surface area contributed by atoms with Gasteiger partial charge >= 0.3 is 6.09 Å². The number of nitrogens with zero attached hydrogens (tertiary/aromatic N) is 5. The first-order chi connectivity index (χ1) is 10.3. The summed E-state index contributed by atoms with van der Waals surface area (Å²) < 4.78 is 6.58. The van der Waals surface area contributed by atoms with E-state index >= 15 is 0 Å². The van der Waals surface area contributed by atoms with Crippen LogP contribution in [0.5, 0.6) is 0 Å². The fourth-order valence-electron chi connectivity index (χ4n) is 2.60. The lowest BCUT2D eigenvalue weighted by atomic mass is 10.1. The molecule has 0 spiro atoms. The van der Waals surface area contributed by atoms with E-state index in [0.29, 0.717) is 0 Å². The van der Waals surface area contributed by atoms with Gasteiger partial charge in [-0.1, -0.05) is 18.2 Å². The summed E-state index contributed by atoms with van der Waals surface area (Å²) in [4.78, 5) is 20.1. The van der Waals surface area contributed by atoms with Crippen molar-refractivity contribution in [3.63, 3.8) is 0 Å². The van der Waals surface area contributed by atoms with E-state index < -0.39 is 6.09 Å². The molecule has 8 heteroatoms. The lowest BCUT2D eigenvalue weighted by Gasteiger charge is -2.36. The molecule has 1 unspecified atom stereocenters. The standard InChI is InChI=1S/C13H12N6O2/c1-21-13(20)16-18-8-15-12-9-4-2-3-5-10(9)17-7-14-6-11(17)19(12)18/h2-8,12H,1H3,(H,16,20). The molecule has 0 saturated heterocycles. The Kier molecular flexibility index (Phi) is 2.37. The van der Waals surface area contributed by atoms with Crippen molar-refractivity contribution in [3.8, 4) is 5.69 Å². The molecule has 2 aromatic rings. The minimum Gasteiger partial charge on any atom is -0.452 e. The zero-order valence-corrected chi connectivity index (χ0v) is 11.2. The highest BCUT2D eigenvalue weighted by Crippen LogP contribution is 2.40. The third-order valence-electron chi connectivity index (χ3n) is 3.50. The highest BCUT2D eigenvalue weighted by atomic mass is 16.5. The van der Waals surface area contributed by atoms with E-state index in [1.165, 1.54) is 12.2 Å². The Hall–Kier alpha value is -3.03. The number of aliphatic imine (C=N–C) groups is 1. The number of hydrogen-bond donors (Lipinski definition) is 1. The number of para-hydroxylation sites is 1. The maximum atomic E-state index is 11.5. The molecule has 0 aliphatic carbocycles. The Labute approximate surface area is 120 Å². The molecule has 3 heterocycles. The Balaban J connectivity index is 1.80. The summed E-state index contributed by atoms with van der Waals surface area (Å²) in [5, 5.41) is 3.34. The summed E-state index contributed by atoms with van der Waals surface area (Å²) in [6.45, 7) is 0. The summed E-state index contributed by atoms with van der Waals surface area (Å²) >= 11 is 0. The van der Waals surface area contributed by atoms with Crippen molar-refractivity contribution in [1.29, 1.82) is 0 Å². The highest BCUT2D eigenvalue weighted by molar-refractivity contribution is 5.74. The summed E-state index contributed by atoms with van der Waals surface area (Å²) in [6.07, 6.45) is 4.22. The van der Waals surface area contributed by atoms with Gasteiger partial charge in [0.1, 0.15) is 12.7 Å².